The van der Waals surface area contributed by atoms with E-state index in [1.165, 1.54) is 0 Å². The number of aryl methyl sites for hydroxylation is 1. The third kappa shape index (κ3) is 3.47. The number of carbonyl (C=O) groups is 1. The van der Waals surface area contributed by atoms with E-state index in [4.69, 9.17) is 15.2 Å². The Bertz CT molecular complexity index is 459. The predicted molar refractivity (Wildman–Crippen MR) is 74.1 cm³/mol. The molecule has 2 unspecified atom stereocenters. The van der Waals surface area contributed by atoms with Gasteiger partial charge >= 0.3 is 5.97 Å². The number of methoxy groups -OCH3 is 1. The molecule has 1 aromatic carbocycles. The molecule has 4 nitrogen and oxygen atoms in total. The third-order valence-corrected chi connectivity index (χ3v) is 3.67. The van der Waals surface area contributed by atoms with E-state index in [0.29, 0.717) is 11.3 Å². The maximum absolute atomic E-state index is 12.2. The van der Waals surface area contributed by atoms with Crippen molar-refractivity contribution < 1.29 is 14.3 Å². The van der Waals surface area contributed by atoms with Gasteiger partial charge in [-0.05, 0) is 43.9 Å². The summed E-state index contributed by atoms with van der Waals surface area (Å²) in [5, 5.41) is 0. The van der Waals surface area contributed by atoms with Crippen LogP contribution >= 0.6 is 0 Å². The van der Waals surface area contributed by atoms with Gasteiger partial charge in [0.05, 0.1) is 11.7 Å². The quantitative estimate of drug-likeness (QED) is 0.672. The lowest BCUT2D eigenvalue weighted by Crippen LogP contribution is -2.29. The van der Waals surface area contributed by atoms with Gasteiger partial charge in [0, 0.05) is 19.2 Å². The molecule has 1 aliphatic carbocycles. The van der Waals surface area contributed by atoms with E-state index in [0.717, 1.165) is 31.2 Å². The van der Waals surface area contributed by atoms with Gasteiger partial charge in [-0.15, -0.1) is 0 Å². The lowest BCUT2D eigenvalue weighted by molar-refractivity contribution is -0.0149. The molecule has 4 heteroatoms. The van der Waals surface area contributed by atoms with Crippen LogP contribution in [0.15, 0.2) is 18.2 Å². The van der Waals surface area contributed by atoms with Crippen molar-refractivity contribution >= 4 is 11.7 Å². The summed E-state index contributed by atoms with van der Waals surface area (Å²) >= 11 is 0. The highest BCUT2D eigenvalue weighted by molar-refractivity contribution is 5.92. The van der Waals surface area contributed by atoms with Crippen LogP contribution in [0.2, 0.25) is 0 Å². The Balaban J connectivity index is 2.02. The fourth-order valence-corrected chi connectivity index (χ4v) is 2.50. The monoisotopic (exact) mass is 263 g/mol. The number of hydrogen-bond donors (Lipinski definition) is 1. The van der Waals surface area contributed by atoms with Crippen LogP contribution in [0.1, 0.15) is 41.6 Å². The van der Waals surface area contributed by atoms with Crippen molar-refractivity contribution in [3.63, 3.8) is 0 Å². The summed E-state index contributed by atoms with van der Waals surface area (Å²) in [6.07, 6.45) is 3.92. The number of carbonyl (C=O) groups excluding carboxylic acids is 1. The maximum atomic E-state index is 12.2. The number of esters is 1. The second kappa shape index (κ2) is 6.06. The van der Waals surface area contributed by atoms with Crippen LogP contribution in [-0.4, -0.2) is 25.3 Å². The SMILES string of the molecule is COC1CCCC(OC(=O)c2cc(N)ccc2C)C1. The second-order valence-electron chi connectivity index (χ2n) is 5.13. The van der Waals surface area contributed by atoms with E-state index in [1.54, 1.807) is 19.2 Å². The molecule has 2 rings (SSSR count). The molecule has 0 spiro atoms. The summed E-state index contributed by atoms with van der Waals surface area (Å²) < 4.78 is 10.9. The second-order valence-corrected chi connectivity index (χ2v) is 5.13. The predicted octanol–water partition coefficient (Wildman–Crippen LogP) is 2.69. The van der Waals surface area contributed by atoms with Gasteiger partial charge in [0.2, 0.25) is 0 Å². The highest BCUT2D eigenvalue weighted by Crippen LogP contribution is 2.24. The molecule has 0 aliphatic heterocycles. The first-order chi connectivity index (χ1) is 9.10. The molecule has 19 heavy (non-hydrogen) atoms. The van der Waals surface area contributed by atoms with E-state index in [1.807, 2.05) is 13.0 Å². The van der Waals surface area contributed by atoms with Crippen molar-refractivity contribution in [2.75, 3.05) is 12.8 Å². The van der Waals surface area contributed by atoms with E-state index < -0.39 is 0 Å². The van der Waals surface area contributed by atoms with Gasteiger partial charge in [-0.3, -0.25) is 0 Å². The molecule has 1 saturated carbocycles. The fourth-order valence-electron chi connectivity index (χ4n) is 2.50. The zero-order valence-corrected chi connectivity index (χ0v) is 11.5. The molecule has 1 aromatic rings. The summed E-state index contributed by atoms with van der Waals surface area (Å²) in [5.41, 5.74) is 7.74. The maximum Gasteiger partial charge on any atom is 0.338 e. The number of nitrogens with two attached hydrogens (primary N) is 1. The number of rotatable bonds is 3. The van der Waals surface area contributed by atoms with E-state index >= 15 is 0 Å². The minimum absolute atomic E-state index is 0.0490. The van der Waals surface area contributed by atoms with Crippen molar-refractivity contribution in [1.82, 2.24) is 0 Å². The van der Waals surface area contributed by atoms with Gasteiger partial charge < -0.3 is 15.2 Å². The highest BCUT2D eigenvalue weighted by atomic mass is 16.5. The molecule has 2 N–H and O–H groups in total. The van der Waals surface area contributed by atoms with Crippen LogP contribution in [0.4, 0.5) is 5.69 Å². The lowest BCUT2D eigenvalue weighted by atomic mass is 9.95. The smallest absolute Gasteiger partial charge is 0.338 e. The Labute approximate surface area is 113 Å². The van der Waals surface area contributed by atoms with Gasteiger partial charge in [0.25, 0.3) is 0 Å². The van der Waals surface area contributed by atoms with Crippen molar-refractivity contribution in [1.29, 1.82) is 0 Å². The van der Waals surface area contributed by atoms with Crippen LogP contribution < -0.4 is 5.73 Å². The van der Waals surface area contributed by atoms with Gasteiger partial charge in [0.1, 0.15) is 6.10 Å². The molecular formula is C15H21NO3. The molecule has 0 radical (unpaired) electrons. The first-order valence-electron chi connectivity index (χ1n) is 6.70. The molecule has 0 amide bonds. The first-order valence-corrected chi connectivity index (χ1v) is 6.70. The Morgan fingerprint density at radius 3 is 2.79 bits per heavy atom. The van der Waals surface area contributed by atoms with Crippen molar-refractivity contribution in [3.8, 4) is 0 Å². The lowest BCUT2D eigenvalue weighted by Gasteiger charge is -2.28. The van der Waals surface area contributed by atoms with Crippen LogP contribution in [0, 0.1) is 6.92 Å². The molecule has 1 aliphatic rings. The number of nitrogen functional groups attached to an aromatic ring is 1. The van der Waals surface area contributed by atoms with Crippen LogP contribution in [0.25, 0.3) is 0 Å². The molecular weight excluding hydrogens is 242 g/mol. The summed E-state index contributed by atoms with van der Waals surface area (Å²) in [7, 11) is 1.71. The summed E-state index contributed by atoms with van der Waals surface area (Å²) in [6.45, 7) is 1.88. The minimum atomic E-state index is -0.286. The van der Waals surface area contributed by atoms with Gasteiger partial charge in [-0.1, -0.05) is 6.07 Å². The average molecular weight is 263 g/mol. The number of benzene rings is 1. The standard InChI is InChI=1S/C15H21NO3/c1-10-6-7-11(16)8-14(10)15(17)19-13-5-3-4-12(9-13)18-2/h6-8,12-13H,3-5,9,16H2,1-2H3. The average Bonchev–Trinajstić information content (AvgIpc) is 2.41. The number of anilines is 1. The van der Waals surface area contributed by atoms with E-state index in [2.05, 4.69) is 0 Å². The highest BCUT2D eigenvalue weighted by Gasteiger charge is 2.25. The fraction of sp³-hybridized carbons (Fsp3) is 0.533. The van der Waals surface area contributed by atoms with Gasteiger partial charge in [-0.25, -0.2) is 4.79 Å². The molecule has 0 bridgehead atoms. The third-order valence-electron chi connectivity index (χ3n) is 3.67. The molecule has 0 saturated heterocycles. The summed E-state index contributed by atoms with van der Waals surface area (Å²) in [6, 6.07) is 5.30. The Morgan fingerprint density at radius 2 is 2.05 bits per heavy atom. The van der Waals surface area contributed by atoms with Crippen LogP contribution in [-0.2, 0) is 9.47 Å². The Kier molecular flexibility index (Phi) is 4.43. The number of ether oxygens (including phenoxy) is 2. The van der Waals surface area contributed by atoms with Gasteiger partial charge in [-0.2, -0.15) is 0 Å². The topological polar surface area (TPSA) is 61.5 Å². The van der Waals surface area contributed by atoms with E-state index in [-0.39, 0.29) is 18.2 Å². The normalized spacial score (nSPS) is 23.1. The van der Waals surface area contributed by atoms with Crippen LogP contribution in [0.3, 0.4) is 0 Å². The van der Waals surface area contributed by atoms with Crippen molar-refractivity contribution in [2.45, 2.75) is 44.8 Å². The zero-order valence-electron chi connectivity index (χ0n) is 11.5. The van der Waals surface area contributed by atoms with Crippen LogP contribution in [0.5, 0.6) is 0 Å². The summed E-state index contributed by atoms with van der Waals surface area (Å²) in [5.74, 6) is -0.286. The van der Waals surface area contributed by atoms with Crippen molar-refractivity contribution in [2.24, 2.45) is 0 Å². The molecule has 0 heterocycles. The number of hydrogen-bond acceptors (Lipinski definition) is 4. The first kappa shape index (κ1) is 13.9. The van der Waals surface area contributed by atoms with E-state index in [9.17, 15) is 4.79 Å². The Morgan fingerprint density at radius 1 is 1.32 bits per heavy atom. The molecule has 2 atom stereocenters. The van der Waals surface area contributed by atoms with Gasteiger partial charge in [0.15, 0.2) is 0 Å². The molecule has 0 aromatic heterocycles. The zero-order chi connectivity index (χ0) is 13.8. The summed E-state index contributed by atoms with van der Waals surface area (Å²) in [4.78, 5) is 12.2. The Hall–Kier alpha value is -1.55. The largest absolute Gasteiger partial charge is 0.459 e. The minimum Gasteiger partial charge on any atom is -0.459 e. The molecule has 1 fully saturated rings. The van der Waals surface area contributed by atoms with Crippen molar-refractivity contribution in [3.05, 3.63) is 29.3 Å². The molecule has 104 valence electrons.